The summed E-state index contributed by atoms with van der Waals surface area (Å²) in [5.74, 6) is -0.298. The highest BCUT2D eigenvalue weighted by molar-refractivity contribution is 7.92. The standard InChI is InChI=1S/C17H14N4O4S2/c1-27(23,24)21-17-20-19-16(26-17)18-14(22)8-11-9-25-13-7-6-10-4-2-3-5-12(10)15(11)13/h2-7,9H,8H2,1H3,(H,20,21)(H,18,19,22). The summed E-state index contributed by atoms with van der Waals surface area (Å²) in [7, 11) is -3.45. The highest BCUT2D eigenvalue weighted by Crippen LogP contribution is 2.30. The summed E-state index contributed by atoms with van der Waals surface area (Å²) < 4.78 is 30.2. The Morgan fingerprint density at radius 2 is 1.93 bits per heavy atom. The molecule has 2 heterocycles. The number of amides is 1. The second kappa shape index (κ2) is 6.63. The first-order valence-electron chi connectivity index (χ1n) is 7.88. The van der Waals surface area contributed by atoms with Gasteiger partial charge in [0.2, 0.25) is 26.2 Å². The molecule has 27 heavy (non-hydrogen) atoms. The molecule has 0 spiro atoms. The number of aromatic nitrogens is 2. The number of nitrogens with zero attached hydrogens (tertiary/aromatic N) is 2. The molecule has 0 aliphatic carbocycles. The molecule has 0 atom stereocenters. The van der Waals surface area contributed by atoms with Crippen molar-refractivity contribution < 1.29 is 17.6 Å². The number of rotatable bonds is 5. The molecule has 10 heteroatoms. The van der Waals surface area contributed by atoms with Gasteiger partial charge in [0.15, 0.2) is 0 Å². The van der Waals surface area contributed by atoms with Gasteiger partial charge in [0.25, 0.3) is 0 Å². The predicted molar refractivity (Wildman–Crippen MR) is 104 cm³/mol. The Kier molecular flexibility index (Phi) is 4.28. The van der Waals surface area contributed by atoms with E-state index in [9.17, 15) is 13.2 Å². The van der Waals surface area contributed by atoms with Gasteiger partial charge in [-0.2, -0.15) is 0 Å². The van der Waals surface area contributed by atoms with E-state index < -0.39 is 10.0 Å². The van der Waals surface area contributed by atoms with E-state index in [4.69, 9.17) is 4.42 Å². The zero-order valence-electron chi connectivity index (χ0n) is 14.1. The number of furan rings is 1. The van der Waals surface area contributed by atoms with Crippen molar-refractivity contribution in [3.8, 4) is 0 Å². The van der Waals surface area contributed by atoms with Crippen molar-refractivity contribution in [1.82, 2.24) is 10.2 Å². The van der Waals surface area contributed by atoms with Crippen LogP contribution in [0.4, 0.5) is 10.3 Å². The summed E-state index contributed by atoms with van der Waals surface area (Å²) in [5.41, 5.74) is 1.48. The zero-order valence-corrected chi connectivity index (χ0v) is 15.7. The molecule has 0 saturated carbocycles. The topological polar surface area (TPSA) is 114 Å². The van der Waals surface area contributed by atoms with Crippen LogP contribution in [0.15, 0.2) is 47.1 Å². The van der Waals surface area contributed by atoms with Gasteiger partial charge in [-0.1, -0.05) is 41.7 Å². The highest BCUT2D eigenvalue weighted by Gasteiger charge is 2.15. The number of anilines is 2. The number of benzene rings is 2. The molecule has 0 radical (unpaired) electrons. The van der Waals surface area contributed by atoms with Crippen molar-refractivity contribution in [2.75, 3.05) is 16.3 Å². The van der Waals surface area contributed by atoms with Crippen molar-refractivity contribution in [2.24, 2.45) is 0 Å². The lowest BCUT2D eigenvalue weighted by atomic mass is 10.0. The lowest BCUT2D eigenvalue weighted by molar-refractivity contribution is -0.115. The first kappa shape index (κ1) is 17.4. The average Bonchev–Trinajstić information content (AvgIpc) is 3.20. The summed E-state index contributed by atoms with van der Waals surface area (Å²) in [6.45, 7) is 0. The number of sulfonamides is 1. The maximum Gasteiger partial charge on any atom is 0.231 e. The van der Waals surface area contributed by atoms with Crippen LogP contribution in [0, 0.1) is 0 Å². The molecule has 8 nitrogen and oxygen atoms in total. The van der Waals surface area contributed by atoms with Gasteiger partial charge in [0.1, 0.15) is 5.58 Å². The minimum Gasteiger partial charge on any atom is -0.464 e. The van der Waals surface area contributed by atoms with Gasteiger partial charge in [-0.05, 0) is 16.8 Å². The van der Waals surface area contributed by atoms with Gasteiger partial charge in [-0.25, -0.2) is 8.42 Å². The van der Waals surface area contributed by atoms with E-state index in [1.807, 2.05) is 36.4 Å². The van der Waals surface area contributed by atoms with E-state index in [1.165, 1.54) is 0 Å². The predicted octanol–water partition coefficient (Wildman–Crippen LogP) is 2.99. The van der Waals surface area contributed by atoms with Gasteiger partial charge in [-0.15, -0.1) is 10.2 Å². The zero-order chi connectivity index (χ0) is 19.0. The summed E-state index contributed by atoms with van der Waals surface area (Å²) >= 11 is 0.939. The minimum absolute atomic E-state index is 0.0903. The normalized spacial score (nSPS) is 11.7. The Labute approximate surface area is 158 Å². The molecule has 0 aliphatic heterocycles. The van der Waals surface area contributed by atoms with Crippen LogP contribution >= 0.6 is 11.3 Å². The van der Waals surface area contributed by atoms with Gasteiger partial charge in [-0.3, -0.25) is 9.52 Å². The Morgan fingerprint density at radius 3 is 2.74 bits per heavy atom. The lowest BCUT2D eigenvalue weighted by Crippen LogP contribution is -2.14. The average molecular weight is 402 g/mol. The first-order valence-corrected chi connectivity index (χ1v) is 10.6. The monoisotopic (exact) mass is 402 g/mol. The molecule has 4 rings (SSSR count). The quantitative estimate of drug-likeness (QED) is 0.530. The fourth-order valence-corrected chi connectivity index (χ4v) is 4.30. The fourth-order valence-electron chi connectivity index (χ4n) is 2.81. The molecule has 2 N–H and O–H groups in total. The van der Waals surface area contributed by atoms with Crippen LogP contribution in [0.5, 0.6) is 0 Å². The summed E-state index contributed by atoms with van der Waals surface area (Å²) in [6, 6.07) is 11.7. The largest absolute Gasteiger partial charge is 0.464 e. The molecule has 4 aromatic rings. The van der Waals surface area contributed by atoms with E-state index in [-0.39, 0.29) is 22.6 Å². The highest BCUT2D eigenvalue weighted by atomic mass is 32.2. The Morgan fingerprint density at radius 1 is 1.15 bits per heavy atom. The Bertz CT molecular complexity index is 1260. The third-order valence-electron chi connectivity index (χ3n) is 3.84. The fraction of sp³-hybridized carbons (Fsp3) is 0.118. The Hall–Kier alpha value is -2.98. The number of hydrogen-bond donors (Lipinski definition) is 2. The van der Waals surface area contributed by atoms with Crippen molar-refractivity contribution in [3.63, 3.8) is 0 Å². The molecule has 0 saturated heterocycles. The van der Waals surface area contributed by atoms with Crippen molar-refractivity contribution >= 4 is 59.3 Å². The maximum atomic E-state index is 12.4. The van der Waals surface area contributed by atoms with Crippen LogP contribution in [-0.4, -0.2) is 30.8 Å². The van der Waals surface area contributed by atoms with Crippen LogP contribution < -0.4 is 10.0 Å². The smallest absolute Gasteiger partial charge is 0.231 e. The van der Waals surface area contributed by atoms with Crippen molar-refractivity contribution in [1.29, 1.82) is 0 Å². The van der Waals surface area contributed by atoms with Crippen LogP contribution in [0.1, 0.15) is 5.56 Å². The summed E-state index contributed by atoms with van der Waals surface area (Å²) in [4.78, 5) is 12.4. The molecular weight excluding hydrogens is 388 g/mol. The number of nitrogens with one attached hydrogen (secondary N) is 2. The molecule has 0 bridgehead atoms. The molecule has 2 aromatic heterocycles. The second-order valence-electron chi connectivity index (χ2n) is 5.93. The lowest BCUT2D eigenvalue weighted by Gasteiger charge is -2.02. The first-order chi connectivity index (χ1) is 12.9. The van der Waals surface area contributed by atoms with Crippen LogP contribution in [0.2, 0.25) is 0 Å². The molecule has 0 aliphatic rings. The molecular formula is C17H14N4O4S2. The summed E-state index contributed by atoms with van der Waals surface area (Å²) in [5, 5.41) is 13.4. The van der Waals surface area contributed by atoms with Crippen molar-refractivity contribution in [2.45, 2.75) is 6.42 Å². The number of fused-ring (bicyclic) bond motifs is 3. The van der Waals surface area contributed by atoms with Crippen LogP contribution in [-0.2, 0) is 21.2 Å². The molecule has 0 unspecified atom stereocenters. The summed E-state index contributed by atoms with van der Waals surface area (Å²) in [6.07, 6.45) is 2.68. The van der Waals surface area contributed by atoms with E-state index in [2.05, 4.69) is 20.2 Å². The third kappa shape index (κ3) is 3.76. The van der Waals surface area contributed by atoms with E-state index in [0.717, 1.165) is 39.3 Å². The van der Waals surface area contributed by atoms with Gasteiger partial charge in [0, 0.05) is 10.9 Å². The van der Waals surface area contributed by atoms with E-state index in [1.54, 1.807) is 6.26 Å². The van der Waals surface area contributed by atoms with Crippen LogP contribution in [0.3, 0.4) is 0 Å². The van der Waals surface area contributed by atoms with Crippen molar-refractivity contribution in [3.05, 3.63) is 48.2 Å². The second-order valence-corrected chi connectivity index (χ2v) is 8.66. The van der Waals surface area contributed by atoms with E-state index in [0.29, 0.717) is 5.58 Å². The number of carbonyl (C=O) groups is 1. The van der Waals surface area contributed by atoms with Gasteiger partial charge >= 0.3 is 0 Å². The molecule has 2 aromatic carbocycles. The van der Waals surface area contributed by atoms with Gasteiger partial charge in [0.05, 0.1) is 18.9 Å². The number of carbonyl (C=O) groups excluding carboxylic acids is 1. The molecule has 0 fully saturated rings. The number of hydrogen-bond acceptors (Lipinski definition) is 7. The third-order valence-corrected chi connectivity index (χ3v) is 5.28. The van der Waals surface area contributed by atoms with E-state index >= 15 is 0 Å². The minimum atomic E-state index is -3.45. The molecule has 1 amide bonds. The maximum absolute atomic E-state index is 12.4. The van der Waals surface area contributed by atoms with Gasteiger partial charge < -0.3 is 9.73 Å². The van der Waals surface area contributed by atoms with Crippen LogP contribution in [0.25, 0.3) is 21.7 Å². The Balaban J connectivity index is 1.56. The molecule has 138 valence electrons. The SMILES string of the molecule is CS(=O)(=O)Nc1nnc(NC(=O)Cc2coc3ccc4ccccc4c23)s1.